The minimum atomic E-state index is -0.247. The van der Waals surface area contributed by atoms with Gasteiger partial charge in [0.15, 0.2) is 0 Å². The van der Waals surface area contributed by atoms with Crippen LogP contribution >= 0.6 is 0 Å². The molecule has 1 unspecified atom stereocenters. The molecule has 0 radical (unpaired) electrons. The third kappa shape index (κ3) is 2.09. The Kier molecular flexibility index (Phi) is 2.71. The smallest absolute Gasteiger partial charge is 0.134 e. The number of nitrogen functional groups attached to an aromatic ring is 1. The average Bonchev–Trinajstić information content (AvgIpc) is 2.22. The summed E-state index contributed by atoms with van der Waals surface area (Å²) in [5, 5.41) is 9.87. The van der Waals surface area contributed by atoms with Crippen LogP contribution in [0.25, 0.3) is 0 Å². The summed E-state index contributed by atoms with van der Waals surface area (Å²) in [5.74, 6) is 1.32. The number of hydrogen-bond donors (Lipinski definition) is 2. The van der Waals surface area contributed by atoms with E-state index in [4.69, 9.17) is 5.73 Å². The van der Waals surface area contributed by atoms with Gasteiger partial charge in [-0.1, -0.05) is 13.8 Å². The molecular weight excluding hydrogens is 204 g/mol. The molecule has 0 aromatic carbocycles. The van der Waals surface area contributed by atoms with Crippen molar-refractivity contribution in [1.29, 1.82) is 0 Å². The van der Waals surface area contributed by atoms with E-state index < -0.39 is 0 Å². The molecule has 1 atom stereocenters. The van der Waals surface area contributed by atoms with Gasteiger partial charge in [-0.15, -0.1) is 0 Å². The van der Waals surface area contributed by atoms with E-state index in [-0.39, 0.29) is 11.5 Å². The van der Waals surface area contributed by atoms with Gasteiger partial charge in [-0.3, -0.25) is 0 Å². The Hall–Kier alpha value is -1.36. The third-order valence-electron chi connectivity index (χ3n) is 3.17. The van der Waals surface area contributed by atoms with Gasteiger partial charge in [0, 0.05) is 24.6 Å². The molecule has 0 amide bonds. The fourth-order valence-electron chi connectivity index (χ4n) is 2.08. The number of nitrogens with zero attached hydrogens (tertiary/aromatic N) is 3. The monoisotopic (exact) mass is 222 g/mol. The Morgan fingerprint density at radius 3 is 2.88 bits per heavy atom. The van der Waals surface area contributed by atoms with Gasteiger partial charge in [0.05, 0.1) is 6.10 Å². The highest BCUT2D eigenvalue weighted by atomic mass is 16.3. The van der Waals surface area contributed by atoms with Crippen LogP contribution < -0.4 is 10.6 Å². The first kappa shape index (κ1) is 11.1. The van der Waals surface area contributed by atoms with E-state index in [1.54, 1.807) is 6.07 Å². The molecular formula is C11H18N4O. The predicted molar refractivity (Wildman–Crippen MR) is 63.1 cm³/mol. The molecule has 0 spiro atoms. The number of aliphatic hydroxyl groups is 1. The molecule has 5 heteroatoms. The van der Waals surface area contributed by atoms with Gasteiger partial charge in [0.2, 0.25) is 0 Å². The van der Waals surface area contributed by atoms with E-state index >= 15 is 0 Å². The molecule has 1 aliphatic heterocycles. The standard InChI is InChI=1S/C11H18N4O/c1-11(2)6-15(4-3-8(11)16)10-5-9(12)13-7-14-10/h5,7-8,16H,3-4,6H2,1-2H3,(H2,12,13,14). The largest absolute Gasteiger partial charge is 0.392 e. The Morgan fingerprint density at radius 1 is 1.50 bits per heavy atom. The van der Waals surface area contributed by atoms with Crippen LogP contribution in [0, 0.1) is 5.41 Å². The van der Waals surface area contributed by atoms with Crippen molar-refractivity contribution in [2.45, 2.75) is 26.4 Å². The quantitative estimate of drug-likeness (QED) is 0.730. The first-order valence-corrected chi connectivity index (χ1v) is 5.49. The van der Waals surface area contributed by atoms with Crippen molar-refractivity contribution in [2.75, 3.05) is 23.7 Å². The van der Waals surface area contributed by atoms with Gasteiger partial charge >= 0.3 is 0 Å². The van der Waals surface area contributed by atoms with E-state index in [1.807, 2.05) is 0 Å². The molecule has 16 heavy (non-hydrogen) atoms. The number of anilines is 2. The van der Waals surface area contributed by atoms with Gasteiger partial charge < -0.3 is 15.7 Å². The molecule has 88 valence electrons. The molecule has 3 N–H and O–H groups in total. The summed E-state index contributed by atoms with van der Waals surface area (Å²) in [5.41, 5.74) is 5.52. The summed E-state index contributed by atoms with van der Waals surface area (Å²) in [6, 6.07) is 1.77. The first-order valence-electron chi connectivity index (χ1n) is 5.49. The second kappa shape index (κ2) is 3.90. The van der Waals surface area contributed by atoms with Crippen molar-refractivity contribution in [3.05, 3.63) is 12.4 Å². The van der Waals surface area contributed by atoms with Crippen LogP contribution in [0.4, 0.5) is 11.6 Å². The molecule has 1 fully saturated rings. The van der Waals surface area contributed by atoms with Crippen molar-refractivity contribution < 1.29 is 5.11 Å². The number of rotatable bonds is 1. The van der Waals surface area contributed by atoms with Crippen LogP contribution in [-0.2, 0) is 0 Å². The zero-order valence-corrected chi connectivity index (χ0v) is 9.72. The summed E-state index contributed by atoms with van der Waals surface area (Å²) in [7, 11) is 0. The van der Waals surface area contributed by atoms with Crippen LogP contribution in [0.2, 0.25) is 0 Å². The summed E-state index contributed by atoms with van der Waals surface area (Å²) in [6.07, 6.45) is 1.99. The van der Waals surface area contributed by atoms with Crippen LogP contribution in [0.15, 0.2) is 12.4 Å². The predicted octanol–water partition coefficient (Wildman–Crippen LogP) is 0.656. The van der Waals surface area contributed by atoms with E-state index in [0.29, 0.717) is 5.82 Å². The highest BCUT2D eigenvalue weighted by Gasteiger charge is 2.35. The van der Waals surface area contributed by atoms with Gasteiger partial charge in [-0.25, -0.2) is 9.97 Å². The fraction of sp³-hybridized carbons (Fsp3) is 0.636. The molecule has 0 aliphatic carbocycles. The first-order chi connectivity index (χ1) is 7.49. The fourth-order valence-corrected chi connectivity index (χ4v) is 2.08. The molecule has 0 saturated carbocycles. The minimum Gasteiger partial charge on any atom is -0.392 e. The maximum Gasteiger partial charge on any atom is 0.134 e. The van der Waals surface area contributed by atoms with Crippen molar-refractivity contribution in [3.63, 3.8) is 0 Å². The lowest BCUT2D eigenvalue weighted by molar-refractivity contribution is 0.0334. The van der Waals surface area contributed by atoms with Crippen molar-refractivity contribution in [3.8, 4) is 0 Å². The van der Waals surface area contributed by atoms with Crippen molar-refractivity contribution in [2.24, 2.45) is 5.41 Å². The van der Waals surface area contributed by atoms with E-state index in [0.717, 1.165) is 25.3 Å². The van der Waals surface area contributed by atoms with Gasteiger partial charge in [-0.05, 0) is 6.42 Å². The average molecular weight is 222 g/mol. The number of aliphatic hydroxyl groups excluding tert-OH is 1. The molecule has 1 saturated heterocycles. The zero-order valence-electron chi connectivity index (χ0n) is 9.72. The minimum absolute atomic E-state index is 0.113. The Balaban J connectivity index is 2.18. The normalized spacial score (nSPS) is 24.4. The van der Waals surface area contributed by atoms with Gasteiger partial charge in [0.1, 0.15) is 18.0 Å². The van der Waals surface area contributed by atoms with E-state index in [1.165, 1.54) is 6.33 Å². The second-order valence-corrected chi connectivity index (χ2v) is 5.02. The molecule has 5 nitrogen and oxygen atoms in total. The lowest BCUT2D eigenvalue weighted by Gasteiger charge is -2.42. The summed E-state index contributed by atoms with van der Waals surface area (Å²) in [4.78, 5) is 10.2. The van der Waals surface area contributed by atoms with Crippen LogP contribution in [-0.4, -0.2) is 34.3 Å². The van der Waals surface area contributed by atoms with E-state index in [9.17, 15) is 5.11 Å². The highest BCUT2D eigenvalue weighted by molar-refractivity contribution is 5.46. The SMILES string of the molecule is CC1(C)CN(c2cc(N)ncn2)CCC1O. The third-order valence-corrected chi connectivity index (χ3v) is 3.17. The van der Waals surface area contributed by atoms with Crippen LogP contribution in [0.5, 0.6) is 0 Å². The second-order valence-electron chi connectivity index (χ2n) is 5.02. The maximum absolute atomic E-state index is 9.87. The molecule has 1 aliphatic rings. The lowest BCUT2D eigenvalue weighted by atomic mass is 9.81. The summed E-state index contributed by atoms with van der Waals surface area (Å²) < 4.78 is 0. The number of nitrogens with two attached hydrogens (primary N) is 1. The maximum atomic E-state index is 9.87. The topological polar surface area (TPSA) is 75.3 Å². The summed E-state index contributed by atoms with van der Waals surface area (Å²) >= 11 is 0. The summed E-state index contributed by atoms with van der Waals surface area (Å²) in [6.45, 7) is 5.72. The Labute approximate surface area is 95.3 Å². The molecule has 1 aromatic heterocycles. The zero-order chi connectivity index (χ0) is 11.8. The Bertz CT molecular complexity index is 380. The van der Waals surface area contributed by atoms with Crippen molar-refractivity contribution in [1.82, 2.24) is 9.97 Å². The van der Waals surface area contributed by atoms with Crippen molar-refractivity contribution >= 4 is 11.6 Å². The van der Waals surface area contributed by atoms with Crippen LogP contribution in [0.3, 0.4) is 0 Å². The number of hydrogen-bond acceptors (Lipinski definition) is 5. The molecule has 0 bridgehead atoms. The van der Waals surface area contributed by atoms with Gasteiger partial charge in [0.25, 0.3) is 0 Å². The lowest BCUT2D eigenvalue weighted by Crippen LogP contribution is -2.49. The number of piperidine rings is 1. The highest BCUT2D eigenvalue weighted by Crippen LogP contribution is 2.31. The number of aromatic nitrogens is 2. The molecule has 2 rings (SSSR count). The Morgan fingerprint density at radius 2 is 2.25 bits per heavy atom. The van der Waals surface area contributed by atoms with E-state index in [2.05, 4.69) is 28.7 Å². The molecule has 2 heterocycles. The molecule has 1 aromatic rings. The van der Waals surface area contributed by atoms with Gasteiger partial charge in [-0.2, -0.15) is 0 Å². The van der Waals surface area contributed by atoms with Crippen LogP contribution in [0.1, 0.15) is 20.3 Å².